The van der Waals surface area contributed by atoms with Crippen LogP contribution >= 0.6 is 0 Å². The maximum Gasteiger partial charge on any atom is 0.303 e. The third-order valence-corrected chi connectivity index (χ3v) is 3.01. The SMILES string of the molecule is C[n+]1ccn(CCCc2ccccc2)c1C=NO. The Bertz CT molecular complexity index is 517. The van der Waals surface area contributed by atoms with Crippen LogP contribution < -0.4 is 4.57 Å². The van der Waals surface area contributed by atoms with E-state index in [1.54, 1.807) is 0 Å². The number of imidazole rings is 1. The smallest absolute Gasteiger partial charge is 0.303 e. The molecule has 4 nitrogen and oxygen atoms in total. The van der Waals surface area contributed by atoms with E-state index < -0.39 is 0 Å². The van der Waals surface area contributed by atoms with Crippen molar-refractivity contribution in [1.29, 1.82) is 0 Å². The van der Waals surface area contributed by atoms with E-state index in [9.17, 15) is 0 Å². The summed E-state index contributed by atoms with van der Waals surface area (Å²) in [6.45, 7) is 0.914. The number of rotatable bonds is 5. The van der Waals surface area contributed by atoms with Gasteiger partial charge in [0.2, 0.25) is 0 Å². The van der Waals surface area contributed by atoms with Crippen LogP contribution in [0.3, 0.4) is 0 Å². The summed E-state index contributed by atoms with van der Waals surface area (Å²) in [7, 11) is 1.94. The first kappa shape index (κ1) is 12.4. The van der Waals surface area contributed by atoms with Crippen molar-refractivity contribution in [2.45, 2.75) is 19.4 Å². The normalized spacial score (nSPS) is 11.2. The lowest BCUT2D eigenvalue weighted by atomic mass is 10.1. The fourth-order valence-corrected chi connectivity index (χ4v) is 2.04. The van der Waals surface area contributed by atoms with Crippen molar-refractivity contribution in [1.82, 2.24) is 4.57 Å². The Labute approximate surface area is 107 Å². The van der Waals surface area contributed by atoms with Crippen molar-refractivity contribution in [2.75, 3.05) is 0 Å². The van der Waals surface area contributed by atoms with Crippen molar-refractivity contribution in [2.24, 2.45) is 12.2 Å². The van der Waals surface area contributed by atoms with Gasteiger partial charge in [-0.2, -0.15) is 0 Å². The topological polar surface area (TPSA) is 41.4 Å². The van der Waals surface area contributed by atoms with Gasteiger partial charge in [-0.1, -0.05) is 35.5 Å². The van der Waals surface area contributed by atoms with E-state index in [4.69, 9.17) is 5.21 Å². The average molecular weight is 244 g/mol. The highest BCUT2D eigenvalue weighted by molar-refractivity contribution is 5.72. The van der Waals surface area contributed by atoms with Crippen LogP contribution in [0.15, 0.2) is 47.9 Å². The first-order valence-electron chi connectivity index (χ1n) is 6.07. The standard InChI is InChI=1S/C14H17N3O/c1-16-10-11-17(14(16)12-15-18)9-5-8-13-6-3-2-4-7-13/h2-4,6-7,10-12H,5,8-9H2,1H3/p+1. The molecular weight excluding hydrogens is 226 g/mol. The number of aromatic nitrogens is 2. The molecule has 0 fully saturated rings. The van der Waals surface area contributed by atoms with Crippen LogP contribution in [0, 0.1) is 0 Å². The predicted octanol–water partition coefficient (Wildman–Crippen LogP) is 1.75. The van der Waals surface area contributed by atoms with E-state index in [0.29, 0.717) is 0 Å². The zero-order chi connectivity index (χ0) is 12.8. The molecule has 0 radical (unpaired) electrons. The maximum atomic E-state index is 8.63. The molecule has 0 saturated heterocycles. The molecule has 1 aromatic heterocycles. The number of aryl methyl sites for hydroxylation is 3. The van der Waals surface area contributed by atoms with Crippen LogP contribution in [-0.2, 0) is 20.0 Å². The fourth-order valence-electron chi connectivity index (χ4n) is 2.04. The summed E-state index contributed by atoms with van der Waals surface area (Å²) in [6, 6.07) is 10.5. The Balaban J connectivity index is 1.95. The molecule has 18 heavy (non-hydrogen) atoms. The molecule has 1 aromatic carbocycles. The quantitative estimate of drug-likeness (QED) is 0.370. The summed E-state index contributed by atoms with van der Waals surface area (Å²) < 4.78 is 4.02. The third kappa shape index (κ3) is 2.97. The van der Waals surface area contributed by atoms with Crippen LogP contribution in [-0.4, -0.2) is 16.0 Å². The lowest BCUT2D eigenvalue weighted by Gasteiger charge is -2.00. The summed E-state index contributed by atoms with van der Waals surface area (Å²) in [5.41, 5.74) is 1.35. The van der Waals surface area contributed by atoms with E-state index in [-0.39, 0.29) is 0 Å². The molecule has 2 rings (SSSR count). The molecule has 94 valence electrons. The van der Waals surface area contributed by atoms with Crippen LogP contribution in [0.2, 0.25) is 0 Å². The van der Waals surface area contributed by atoms with E-state index >= 15 is 0 Å². The van der Waals surface area contributed by atoms with Crippen molar-refractivity contribution < 1.29 is 9.77 Å². The molecule has 0 amide bonds. The zero-order valence-corrected chi connectivity index (χ0v) is 10.5. The second-order valence-corrected chi connectivity index (χ2v) is 4.29. The van der Waals surface area contributed by atoms with Gasteiger partial charge in [0.05, 0.1) is 13.6 Å². The number of hydrogen-bond donors (Lipinski definition) is 1. The van der Waals surface area contributed by atoms with Gasteiger partial charge in [-0.25, -0.2) is 9.13 Å². The highest BCUT2D eigenvalue weighted by atomic mass is 16.4. The highest BCUT2D eigenvalue weighted by Gasteiger charge is 2.11. The monoisotopic (exact) mass is 244 g/mol. The Morgan fingerprint density at radius 2 is 2.11 bits per heavy atom. The molecule has 1 N–H and O–H groups in total. The summed E-state index contributed by atoms with van der Waals surface area (Å²) in [4.78, 5) is 0. The summed E-state index contributed by atoms with van der Waals surface area (Å²) in [5.74, 6) is 0.894. The molecule has 1 heterocycles. The van der Waals surface area contributed by atoms with E-state index in [1.165, 1.54) is 11.8 Å². The van der Waals surface area contributed by atoms with Gasteiger partial charge in [0.15, 0.2) is 6.21 Å². The minimum atomic E-state index is 0.894. The van der Waals surface area contributed by atoms with Crippen molar-refractivity contribution in [3.05, 3.63) is 54.1 Å². The first-order chi connectivity index (χ1) is 8.81. The van der Waals surface area contributed by atoms with Gasteiger partial charge in [0.25, 0.3) is 0 Å². The van der Waals surface area contributed by atoms with Crippen LogP contribution in [0.25, 0.3) is 0 Å². The molecule has 0 aliphatic rings. The summed E-state index contributed by atoms with van der Waals surface area (Å²) in [6.07, 6.45) is 7.54. The molecule has 0 spiro atoms. The molecule has 0 aliphatic carbocycles. The predicted molar refractivity (Wildman–Crippen MR) is 69.8 cm³/mol. The average Bonchev–Trinajstić information content (AvgIpc) is 2.73. The number of nitrogens with zero attached hydrogens (tertiary/aromatic N) is 3. The largest absolute Gasteiger partial charge is 0.411 e. The Morgan fingerprint density at radius 3 is 2.83 bits per heavy atom. The van der Waals surface area contributed by atoms with Crippen LogP contribution in [0.1, 0.15) is 17.8 Å². The third-order valence-electron chi connectivity index (χ3n) is 3.01. The minimum absolute atomic E-state index is 0.894. The van der Waals surface area contributed by atoms with E-state index in [2.05, 4.69) is 34.0 Å². The fraction of sp³-hybridized carbons (Fsp3) is 0.286. The Hall–Kier alpha value is -2.10. The lowest BCUT2D eigenvalue weighted by molar-refractivity contribution is -0.671. The van der Waals surface area contributed by atoms with Gasteiger partial charge < -0.3 is 5.21 Å². The zero-order valence-electron chi connectivity index (χ0n) is 10.5. The van der Waals surface area contributed by atoms with E-state index in [0.717, 1.165) is 25.2 Å². The van der Waals surface area contributed by atoms with Gasteiger partial charge in [-0.3, -0.25) is 0 Å². The molecular formula is C14H18N3O+. The molecule has 2 aromatic rings. The summed E-state index contributed by atoms with van der Waals surface area (Å²) in [5, 5.41) is 11.7. The Kier molecular flexibility index (Phi) is 4.12. The highest BCUT2D eigenvalue weighted by Crippen LogP contribution is 2.04. The lowest BCUT2D eigenvalue weighted by Crippen LogP contribution is -2.32. The van der Waals surface area contributed by atoms with E-state index in [1.807, 2.05) is 30.1 Å². The van der Waals surface area contributed by atoms with Gasteiger partial charge >= 0.3 is 5.82 Å². The number of benzene rings is 1. The summed E-state index contributed by atoms with van der Waals surface area (Å²) >= 11 is 0. The van der Waals surface area contributed by atoms with Crippen LogP contribution in [0.5, 0.6) is 0 Å². The Morgan fingerprint density at radius 1 is 1.33 bits per heavy atom. The molecule has 0 unspecified atom stereocenters. The maximum absolute atomic E-state index is 8.63. The van der Waals surface area contributed by atoms with Crippen LogP contribution in [0.4, 0.5) is 0 Å². The van der Waals surface area contributed by atoms with Gasteiger partial charge in [0, 0.05) is 0 Å². The molecule has 0 aliphatic heterocycles. The molecule has 4 heteroatoms. The first-order valence-corrected chi connectivity index (χ1v) is 6.07. The van der Waals surface area contributed by atoms with Gasteiger partial charge in [-0.15, -0.1) is 0 Å². The van der Waals surface area contributed by atoms with Gasteiger partial charge in [0.1, 0.15) is 12.4 Å². The van der Waals surface area contributed by atoms with Gasteiger partial charge in [-0.05, 0) is 18.4 Å². The molecule has 0 atom stereocenters. The van der Waals surface area contributed by atoms with Crippen molar-refractivity contribution >= 4 is 6.21 Å². The molecule has 0 saturated carbocycles. The minimum Gasteiger partial charge on any atom is -0.411 e. The number of oxime groups is 1. The van der Waals surface area contributed by atoms with Crippen molar-refractivity contribution in [3.8, 4) is 0 Å². The number of hydrogen-bond acceptors (Lipinski definition) is 2. The second-order valence-electron chi connectivity index (χ2n) is 4.29. The second kappa shape index (κ2) is 6.00. The van der Waals surface area contributed by atoms with Crippen molar-refractivity contribution in [3.63, 3.8) is 0 Å². The molecule has 0 bridgehead atoms.